The largest absolute Gasteiger partial charge is 0.504 e. The number of nitrogens with two attached hydrogens (primary N) is 1. The number of hydrogen-bond donors (Lipinski definition) is 6. The molecule has 7 N–H and O–H groups in total. The van der Waals surface area contributed by atoms with E-state index in [1.807, 2.05) is 6.92 Å². The lowest BCUT2D eigenvalue weighted by atomic mass is 10.0. The maximum absolute atomic E-state index is 13.4. The van der Waals surface area contributed by atoms with E-state index in [1.165, 1.54) is 39.6 Å². The smallest absolute Gasteiger partial charge is 0.352 e. The first-order chi connectivity index (χ1) is 22.9. The molecule has 0 saturated carbocycles. The molecule has 21 heteroatoms. The monoisotopic (exact) mass is 713 g/mol. The molecule has 4 aromatic rings. The first-order valence-electron chi connectivity index (χ1n) is 13.6. The second kappa shape index (κ2) is 13.0. The Labute approximate surface area is 281 Å². The molecule has 2 atom stereocenters. The Bertz CT molecular complexity index is 2060. The minimum Gasteiger partial charge on any atom is -0.504 e. The topological polar surface area (TPSA) is 268 Å². The molecule has 2 amide bonds. The van der Waals surface area contributed by atoms with Crippen molar-refractivity contribution in [2.24, 2.45) is 5.16 Å². The molecular weight excluding hydrogens is 691 g/mol. The van der Waals surface area contributed by atoms with E-state index >= 15 is 0 Å². The highest BCUT2D eigenvalue weighted by atomic mass is 32.2. The van der Waals surface area contributed by atoms with Gasteiger partial charge in [0.1, 0.15) is 34.4 Å². The number of aliphatic carboxylic acids is 1. The molecule has 0 unspecified atom stereocenters. The van der Waals surface area contributed by atoms with Gasteiger partial charge in [0.15, 0.2) is 28.0 Å². The Balaban J connectivity index is 1.18. The number of carbonyl (C=O) groups is 4. The summed E-state index contributed by atoms with van der Waals surface area (Å²) >= 11 is 3.60. The zero-order valence-corrected chi connectivity index (χ0v) is 26.9. The fourth-order valence-corrected chi connectivity index (χ4v) is 7.95. The van der Waals surface area contributed by atoms with Crippen molar-refractivity contribution in [1.82, 2.24) is 35.0 Å². The number of rotatable bonds is 11. The van der Waals surface area contributed by atoms with Gasteiger partial charge in [0.05, 0.1) is 11.8 Å². The Morgan fingerprint density at radius 3 is 2.69 bits per heavy atom. The number of nitrogens with zero attached hydrogens (tertiary/aromatic N) is 7. The van der Waals surface area contributed by atoms with Gasteiger partial charge in [-0.25, -0.2) is 19.6 Å². The maximum atomic E-state index is 13.4. The highest BCUT2D eigenvalue weighted by Crippen LogP contribution is 2.41. The van der Waals surface area contributed by atoms with E-state index in [1.54, 1.807) is 6.07 Å². The van der Waals surface area contributed by atoms with Crippen LogP contribution < -0.4 is 11.1 Å². The lowest BCUT2D eigenvalue weighted by Crippen LogP contribution is -2.71. The van der Waals surface area contributed by atoms with Crippen LogP contribution in [0.2, 0.25) is 0 Å². The van der Waals surface area contributed by atoms with Gasteiger partial charge in [0.25, 0.3) is 11.8 Å². The summed E-state index contributed by atoms with van der Waals surface area (Å²) in [7, 11) is 0. The van der Waals surface area contributed by atoms with E-state index in [4.69, 9.17) is 10.6 Å². The van der Waals surface area contributed by atoms with Crippen molar-refractivity contribution in [3.8, 4) is 11.5 Å². The molecule has 48 heavy (non-hydrogen) atoms. The highest BCUT2D eigenvalue weighted by molar-refractivity contribution is 8.01. The average Bonchev–Trinajstić information content (AvgIpc) is 3.70. The van der Waals surface area contributed by atoms with Crippen LogP contribution in [0.15, 0.2) is 51.2 Å². The number of oxime groups is 1. The Kier molecular flexibility index (Phi) is 8.81. The summed E-state index contributed by atoms with van der Waals surface area (Å²) in [5, 5.41) is 55.1. The number of carboxylic acids is 2. The Morgan fingerprint density at radius 1 is 1.19 bits per heavy atom. The van der Waals surface area contributed by atoms with Gasteiger partial charge in [-0.05, 0) is 30.7 Å². The number of benzene rings is 1. The van der Waals surface area contributed by atoms with Crippen LogP contribution in [0.5, 0.6) is 11.5 Å². The molecule has 6 rings (SSSR count). The van der Waals surface area contributed by atoms with Crippen LogP contribution in [-0.2, 0) is 25.8 Å². The maximum Gasteiger partial charge on any atom is 0.352 e. The first-order valence-corrected chi connectivity index (χ1v) is 16.6. The summed E-state index contributed by atoms with van der Waals surface area (Å²) in [5.74, 6) is -5.03. The molecule has 0 aliphatic carbocycles. The van der Waals surface area contributed by atoms with E-state index in [0.29, 0.717) is 16.2 Å². The van der Waals surface area contributed by atoms with Gasteiger partial charge < -0.3 is 36.3 Å². The molecule has 0 radical (unpaired) electrons. The van der Waals surface area contributed by atoms with Gasteiger partial charge in [-0.1, -0.05) is 10.4 Å². The molecule has 0 spiro atoms. The minimum absolute atomic E-state index is 0.000415. The molecule has 1 aromatic carbocycles. The number of aromatic hydroxyl groups is 2. The number of thiazole rings is 1. The zero-order chi connectivity index (χ0) is 34.3. The zero-order valence-electron chi connectivity index (χ0n) is 24.4. The fraction of sp³-hybridized carbons (Fsp3) is 0.222. The standard InChI is InChI=1S/C27H23N9O9S3/c1-10-2-17(36-16(30-10)5-29-34-36)46-7-13-8-47-24-19(23(40)35(24)20(13)26(43)44)32-22(39)18(14-9-48-27(28)31-14)33-45-6-12-3-11(25(41)42)4-15(37)21(12)38/h2-5,9,19,24,37-38H,6-8H2,1H3,(H2,28,31)(H,32,39)(H,41,42)(H,43,44)/t19-,24-/m1/s1. The minimum atomic E-state index is -1.36. The van der Waals surface area contributed by atoms with Crippen LogP contribution in [0.25, 0.3) is 5.65 Å². The number of phenolic OH excluding ortho intramolecular Hbond substituents is 2. The first kappa shape index (κ1) is 32.5. The number of carboxylic acid groups (broad SMARTS) is 2. The molecule has 5 heterocycles. The van der Waals surface area contributed by atoms with Gasteiger partial charge in [0, 0.05) is 28.1 Å². The quantitative estimate of drug-likeness (QED) is 0.0316. The Hall–Kier alpha value is -5.41. The number of hydrogen-bond acceptors (Lipinski definition) is 16. The third-order valence-electron chi connectivity index (χ3n) is 7.07. The number of phenols is 2. The molecule has 1 saturated heterocycles. The molecule has 248 valence electrons. The number of thioether (sulfide) groups is 2. The van der Waals surface area contributed by atoms with Gasteiger partial charge in [-0.15, -0.1) is 40.0 Å². The lowest BCUT2D eigenvalue weighted by molar-refractivity contribution is -0.150. The number of β-lactam (4-membered cyclic amide) rings is 1. The molecule has 0 bridgehead atoms. The van der Waals surface area contributed by atoms with Crippen molar-refractivity contribution in [1.29, 1.82) is 0 Å². The van der Waals surface area contributed by atoms with Crippen molar-refractivity contribution < 1.29 is 44.4 Å². The third kappa shape index (κ3) is 6.16. The number of fused-ring (bicyclic) bond motifs is 2. The van der Waals surface area contributed by atoms with Gasteiger partial charge in [-0.3, -0.25) is 14.5 Å². The summed E-state index contributed by atoms with van der Waals surface area (Å²) in [5.41, 5.74) is 6.49. The van der Waals surface area contributed by atoms with Crippen LogP contribution in [0.1, 0.15) is 27.3 Å². The summed E-state index contributed by atoms with van der Waals surface area (Å²) < 4.78 is 1.54. The molecule has 1 fully saturated rings. The second-order valence-corrected chi connectivity index (χ2v) is 13.2. The number of nitrogens with one attached hydrogen (secondary N) is 1. The lowest BCUT2D eigenvalue weighted by Gasteiger charge is -2.49. The summed E-state index contributed by atoms with van der Waals surface area (Å²) in [6.45, 7) is 1.26. The van der Waals surface area contributed by atoms with Crippen LogP contribution in [-0.4, -0.2) is 103 Å². The van der Waals surface area contributed by atoms with E-state index in [-0.39, 0.29) is 39.2 Å². The fourth-order valence-electron chi connectivity index (χ4n) is 4.86. The number of aryl methyl sites for hydroxylation is 1. The predicted octanol–water partition coefficient (Wildman–Crippen LogP) is 1.03. The number of aromatic nitrogens is 5. The van der Waals surface area contributed by atoms with Gasteiger partial charge in [0.2, 0.25) is 0 Å². The third-order valence-corrected chi connectivity index (χ3v) is 10.2. The summed E-state index contributed by atoms with van der Waals surface area (Å²) in [4.78, 5) is 65.3. The van der Waals surface area contributed by atoms with E-state index in [2.05, 4.69) is 30.8 Å². The SMILES string of the molecule is Cc1cc(SCC2=C(C(=O)O)N3C(=O)[C@@H](NC(=O)C(=NOCc4cc(C(=O)O)cc(O)c4O)c4csc(N)n4)[C@H]3SC2)n2nncc2n1. The van der Waals surface area contributed by atoms with Crippen molar-refractivity contribution >= 4 is 75.1 Å². The van der Waals surface area contributed by atoms with Crippen molar-refractivity contribution in [3.05, 3.63) is 63.6 Å². The van der Waals surface area contributed by atoms with E-state index in [0.717, 1.165) is 34.1 Å². The highest BCUT2D eigenvalue weighted by Gasteiger charge is 2.54. The molecule has 3 aromatic heterocycles. The number of anilines is 1. The summed E-state index contributed by atoms with van der Waals surface area (Å²) in [6.07, 6.45) is 1.51. The molecule has 2 aliphatic heterocycles. The van der Waals surface area contributed by atoms with E-state index < -0.39 is 59.0 Å². The molecule has 2 aliphatic rings. The Morgan fingerprint density at radius 2 is 1.98 bits per heavy atom. The van der Waals surface area contributed by atoms with Crippen LogP contribution >= 0.6 is 34.9 Å². The van der Waals surface area contributed by atoms with Crippen molar-refractivity contribution in [3.63, 3.8) is 0 Å². The van der Waals surface area contributed by atoms with E-state index in [9.17, 15) is 39.6 Å². The van der Waals surface area contributed by atoms with Crippen LogP contribution in [0.3, 0.4) is 0 Å². The number of aromatic carboxylic acids is 1. The van der Waals surface area contributed by atoms with Gasteiger partial charge in [-0.2, -0.15) is 4.52 Å². The van der Waals surface area contributed by atoms with Crippen molar-refractivity contribution in [2.45, 2.75) is 30.0 Å². The normalized spacial score (nSPS) is 17.6. The second-order valence-electron chi connectivity index (χ2n) is 10.2. The molecule has 18 nitrogen and oxygen atoms in total. The van der Waals surface area contributed by atoms with Crippen LogP contribution in [0.4, 0.5) is 5.13 Å². The number of amides is 2. The predicted molar refractivity (Wildman–Crippen MR) is 171 cm³/mol. The number of carbonyl (C=O) groups excluding carboxylic acids is 2. The van der Waals surface area contributed by atoms with Gasteiger partial charge >= 0.3 is 11.9 Å². The summed E-state index contributed by atoms with van der Waals surface area (Å²) in [6, 6.07) is 2.60. The number of nitrogen functional groups attached to an aromatic ring is 1. The molecular formula is C27H23N9O9S3. The van der Waals surface area contributed by atoms with Crippen molar-refractivity contribution in [2.75, 3.05) is 17.2 Å². The average molecular weight is 714 g/mol. The van der Waals surface area contributed by atoms with Crippen LogP contribution in [0, 0.1) is 6.92 Å².